The molecule has 1 aromatic carbocycles. The minimum absolute atomic E-state index is 0.0430. The number of amides is 1. The molecule has 9 heteroatoms. The Morgan fingerprint density at radius 3 is 2.19 bits per heavy atom. The molecule has 144 valence electrons. The lowest BCUT2D eigenvalue weighted by Gasteiger charge is -2.26. The first-order valence-electron chi connectivity index (χ1n) is 8.18. The Hall–Kier alpha value is -2.45. The minimum atomic E-state index is -4.47. The van der Waals surface area contributed by atoms with Crippen molar-refractivity contribution in [1.82, 2.24) is 5.32 Å². The average Bonchev–Trinajstić information content (AvgIpc) is 2.58. The number of nitrogens with one attached hydrogen (secondary N) is 1. The Morgan fingerprint density at radius 2 is 1.65 bits per heavy atom. The quantitative estimate of drug-likeness (QED) is 0.766. The number of benzene rings is 1. The number of carbonyl (C=O) groups is 2. The van der Waals surface area contributed by atoms with Crippen molar-refractivity contribution in [2.24, 2.45) is 5.92 Å². The second-order valence-electron chi connectivity index (χ2n) is 6.09. The van der Waals surface area contributed by atoms with E-state index in [9.17, 15) is 22.8 Å². The van der Waals surface area contributed by atoms with Crippen molar-refractivity contribution >= 4 is 11.9 Å². The fourth-order valence-corrected chi connectivity index (χ4v) is 2.75. The maximum Gasteiger partial charge on any atom is 0.422 e. The van der Waals surface area contributed by atoms with Crippen molar-refractivity contribution in [2.45, 2.75) is 37.9 Å². The Bertz CT molecular complexity index is 627. The summed E-state index contributed by atoms with van der Waals surface area (Å²) >= 11 is 0. The molecule has 1 aromatic rings. The molecule has 2 rings (SSSR count). The molecule has 0 heterocycles. The third-order valence-electron chi connectivity index (χ3n) is 4.04. The van der Waals surface area contributed by atoms with Gasteiger partial charge in [-0.1, -0.05) is 12.1 Å². The molecule has 2 N–H and O–H groups in total. The second-order valence-corrected chi connectivity index (χ2v) is 6.09. The van der Waals surface area contributed by atoms with Gasteiger partial charge in [-0.15, -0.1) is 0 Å². The highest BCUT2D eigenvalue weighted by Gasteiger charge is 2.29. The van der Waals surface area contributed by atoms with Crippen molar-refractivity contribution in [3.63, 3.8) is 0 Å². The van der Waals surface area contributed by atoms with E-state index in [1.807, 2.05) is 0 Å². The second kappa shape index (κ2) is 8.77. The third-order valence-corrected chi connectivity index (χ3v) is 4.04. The van der Waals surface area contributed by atoms with Gasteiger partial charge in [-0.3, -0.25) is 9.59 Å². The maximum absolute atomic E-state index is 12.3. The summed E-state index contributed by atoms with van der Waals surface area (Å²) in [5, 5.41) is 11.7. The number of halogens is 3. The van der Waals surface area contributed by atoms with E-state index >= 15 is 0 Å². The highest BCUT2D eigenvalue weighted by molar-refractivity contribution is 5.78. The number of hydrogen-bond donors (Lipinski definition) is 2. The van der Waals surface area contributed by atoms with Gasteiger partial charge in [0.1, 0.15) is 0 Å². The summed E-state index contributed by atoms with van der Waals surface area (Å²) in [5.74, 6) is -1.68. The van der Waals surface area contributed by atoms with Crippen LogP contribution in [0.3, 0.4) is 0 Å². The summed E-state index contributed by atoms with van der Waals surface area (Å²) in [4.78, 5) is 22.9. The number of hydrogen-bond acceptors (Lipinski definition) is 4. The fraction of sp³-hybridized carbons (Fsp3) is 0.529. The van der Waals surface area contributed by atoms with Crippen molar-refractivity contribution in [3.05, 3.63) is 24.3 Å². The van der Waals surface area contributed by atoms with E-state index in [-0.39, 0.29) is 30.1 Å². The third kappa shape index (κ3) is 6.45. The molecule has 0 bridgehead atoms. The van der Waals surface area contributed by atoms with E-state index in [2.05, 4.69) is 10.1 Å². The van der Waals surface area contributed by atoms with Crippen LogP contribution in [-0.2, 0) is 9.59 Å². The first-order chi connectivity index (χ1) is 12.2. The van der Waals surface area contributed by atoms with Gasteiger partial charge >= 0.3 is 12.1 Å². The largest absolute Gasteiger partial charge is 0.481 e. The Balaban J connectivity index is 1.80. The smallest absolute Gasteiger partial charge is 0.422 e. The Morgan fingerprint density at radius 1 is 1.08 bits per heavy atom. The van der Waals surface area contributed by atoms with Crippen molar-refractivity contribution in [1.29, 1.82) is 0 Å². The van der Waals surface area contributed by atoms with Crippen LogP contribution in [0.4, 0.5) is 13.2 Å². The van der Waals surface area contributed by atoms with Crippen molar-refractivity contribution in [3.8, 4) is 11.5 Å². The molecule has 0 aliphatic heterocycles. The number of ether oxygens (including phenoxy) is 2. The molecular weight excluding hydrogens is 355 g/mol. The molecule has 0 saturated heterocycles. The molecule has 1 amide bonds. The zero-order valence-corrected chi connectivity index (χ0v) is 13.9. The highest BCUT2D eigenvalue weighted by atomic mass is 19.4. The topological polar surface area (TPSA) is 84.9 Å². The molecule has 6 nitrogen and oxygen atoms in total. The molecule has 0 unspecified atom stereocenters. The van der Waals surface area contributed by atoms with Crippen LogP contribution in [0.1, 0.15) is 25.7 Å². The Kier molecular flexibility index (Phi) is 6.70. The monoisotopic (exact) mass is 375 g/mol. The number of carboxylic acids is 1. The molecular formula is C17H20F3NO5. The summed E-state index contributed by atoms with van der Waals surface area (Å²) in [5.41, 5.74) is 0. The van der Waals surface area contributed by atoms with Crippen LogP contribution >= 0.6 is 0 Å². The lowest BCUT2D eigenvalue weighted by molar-refractivity contribution is -0.153. The molecule has 0 spiro atoms. The lowest BCUT2D eigenvalue weighted by Crippen LogP contribution is -2.40. The number of alkyl halides is 3. The Labute approximate surface area is 148 Å². The summed E-state index contributed by atoms with van der Waals surface area (Å²) in [6.07, 6.45) is -2.36. The number of rotatable bonds is 7. The molecule has 1 saturated carbocycles. The number of carbonyl (C=O) groups excluding carboxylic acids is 1. The number of para-hydroxylation sites is 2. The summed E-state index contributed by atoms with van der Waals surface area (Å²) in [6.45, 7) is -1.82. The zero-order chi connectivity index (χ0) is 19.2. The van der Waals surface area contributed by atoms with Gasteiger partial charge in [0.15, 0.2) is 24.7 Å². The summed E-state index contributed by atoms with van der Waals surface area (Å²) in [6, 6.07) is 5.67. The maximum atomic E-state index is 12.3. The van der Waals surface area contributed by atoms with Gasteiger partial charge in [0.05, 0.1) is 5.92 Å². The molecule has 0 radical (unpaired) electrons. The predicted octanol–water partition coefficient (Wildman–Crippen LogP) is 2.77. The average molecular weight is 375 g/mol. The van der Waals surface area contributed by atoms with E-state index in [1.54, 1.807) is 6.07 Å². The van der Waals surface area contributed by atoms with Gasteiger partial charge in [0.25, 0.3) is 5.91 Å². The van der Waals surface area contributed by atoms with Gasteiger partial charge in [-0.05, 0) is 37.8 Å². The fourth-order valence-electron chi connectivity index (χ4n) is 2.75. The van der Waals surface area contributed by atoms with Crippen LogP contribution in [0.25, 0.3) is 0 Å². The number of carboxylic acid groups (broad SMARTS) is 1. The van der Waals surface area contributed by atoms with E-state index < -0.39 is 24.7 Å². The first kappa shape index (κ1) is 19.9. The van der Waals surface area contributed by atoms with Gasteiger partial charge in [0, 0.05) is 6.04 Å². The van der Waals surface area contributed by atoms with Crippen molar-refractivity contribution < 1.29 is 37.3 Å². The van der Waals surface area contributed by atoms with Gasteiger partial charge in [0.2, 0.25) is 0 Å². The van der Waals surface area contributed by atoms with Crippen LogP contribution in [0, 0.1) is 5.92 Å². The van der Waals surface area contributed by atoms with E-state index in [0.717, 1.165) is 0 Å². The SMILES string of the molecule is O=C(COc1ccccc1OCC(F)(F)F)NC1CCC(C(=O)O)CC1. The molecule has 0 atom stereocenters. The van der Waals surface area contributed by atoms with Crippen LogP contribution in [0.5, 0.6) is 11.5 Å². The van der Waals surface area contributed by atoms with Crippen LogP contribution in [0.15, 0.2) is 24.3 Å². The summed E-state index contributed by atoms with van der Waals surface area (Å²) < 4.78 is 46.7. The summed E-state index contributed by atoms with van der Waals surface area (Å²) in [7, 11) is 0. The highest BCUT2D eigenvalue weighted by Crippen LogP contribution is 2.28. The molecule has 26 heavy (non-hydrogen) atoms. The van der Waals surface area contributed by atoms with E-state index in [1.165, 1.54) is 18.2 Å². The molecule has 1 aliphatic rings. The van der Waals surface area contributed by atoms with E-state index in [0.29, 0.717) is 25.7 Å². The van der Waals surface area contributed by atoms with E-state index in [4.69, 9.17) is 9.84 Å². The molecule has 1 fully saturated rings. The zero-order valence-electron chi connectivity index (χ0n) is 13.9. The molecule has 0 aromatic heterocycles. The lowest BCUT2D eigenvalue weighted by atomic mass is 9.86. The van der Waals surface area contributed by atoms with Crippen molar-refractivity contribution in [2.75, 3.05) is 13.2 Å². The van der Waals surface area contributed by atoms with Crippen LogP contribution in [0.2, 0.25) is 0 Å². The van der Waals surface area contributed by atoms with Gasteiger partial charge in [-0.25, -0.2) is 0 Å². The predicted molar refractivity (Wildman–Crippen MR) is 85.0 cm³/mol. The normalized spacial score (nSPS) is 20.3. The minimum Gasteiger partial charge on any atom is -0.481 e. The number of aliphatic carboxylic acids is 1. The van der Waals surface area contributed by atoms with Crippen LogP contribution < -0.4 is 14.8 Å². The van der Waals surface area contributed by atoms with Gasteiger partial charge in [-0.2, -0.15) is 13.2 Å². The molecule has 1 aliphatic carbocycles. The van der Waals surface area contributed by atoms with Crippen LogP contribution in [-0.4, -0.2) is 42.4 Å². The first-order valence-corrected chi connectivity index (χ1v) is 8.18. The standard InChI is InChI=1S/C17H20F3NO5/c18-17(19,20)10-26-14-4-2-1-3-13(14)25-9-15(22)21-12-7-5-11(6-8-12)16(23)24/h1-4,11-12H,5-10H2,(H,21,22)(H,23,24). The van der Waals surface area contributed by atoms with Gasteiger partial charge < -0.3 is 19.9 Å².